The van der Waals surface area contributed by atoms with Crippen molar-refractivity contribution in [2.45, 2.75) is 0 Å². The summed E-state index contributed by atoms with van der Waals surface area (Å²) >= 11 is 9.71. The third kappa shape index (κ3) is 2.05. The molecule has 1 aromatic rings. The second-order valence-corrected chi connectivity index (χ2v) is 4.57. The van der Waals surface area contributed by atoms with Gasteiger partial charge in [-0.25, -0.2) is 0 Å². The van der Waals surface area contributed by atoms with Gasteiger partial charge in [-0.2, -0.15) is 0 Å². The van der Waals surface area contributed by atoms with E-state index in [1.807, 2.05) is 18.2 Å². The summed E-state index contributed by atoms with van der Waals surface area (Å²) in [6, 6.07) is 5.92. The SMILES string of the molecule is Clc1cccc(Br)c1N1CCNCC1. The van der Waals surface area contributed by atoms with E-state index in [-0.39, 0.29) is 0 Å². The molecule has 14 heavy (non-hydrogen) atoms. The number of benzene rings is 1. The largest absolute Gasteiger partial charge is 0.367 e. The van der Waals surface area contributed by atoms with E-state index in [1.165, 1.54) is 0 Å². The Labute approximate surface area is 97.4 Å². The molecule has 1 fully saturated rings. The van der Waals surface area contributed by atoms with Gasteiger partial charge >= 0.3 is 0 Å². The van der Waals surface area contributed by atoms with Crippen molar-refractivity contribution in [1.82, 2.24) is 5.32 Å². The molecule has 1 N–H and O–H groups in total. The summed E-state index contributed by atoms with van der Waals surface area (Å²) in [5, 5.41) is 4.14. The second kappa shape index (κ2) is 4.51. The highest BCUT2D eigenvalue weighted by Gasteiger charge is 2.15. The molecule has 1 aliphatic rings. The van der Waals surface area contributed by atoms with E-state index >= 15 is 0 Å². The number of rotatable bonds is 1. The Morgan fingerprint density at radius 2 is 2.00 bits per heavy atom. The quantitative estimate of drug-likeness (QED) is 0.847. The summed E-state index contributed by atoms with van der Waals surface area (Å²) < 4.78 is 1.08. The standard InChI is InChI=1S/C10H12BrClN2/c11-8-2-1-3-9(12)10(8)14-6-4-13-5-7-14/h1-3,13H,4-7H2. The minimum absolute atomic E-state index is 0.821. The Morgan fingerprint density at radius 3 is 2.64 bits per heavy atom. The molecule has 1 aliphatic heterocycles. The van der Waals surface area contributed by atoms with Crippen molar-refractivity contribution in [3.05, 3.63) is 27.7 Å². The van der Waals surface area contributed by atoms with Crippen LogP contribution in [0.3, 0.4) is 0 Å². The zero-order valence-corrected chi connectivity index (χ0v) is 10.1. The van der Waals surface area contributed by atoms with E-state index < -0.39 is 0 Å². The molecule has 1 aromatic carbocycles. The highest BCUT2D eigenvalue weighted by atomic mass is 79.9. The van der Waals surface area contributed by atoms with Crippen molar-refractivity contribution in [3.63, 3.8) is 0 Å². The second-order valence-electron chi connectivity index (χ2n) is 3.31. The van der Waals surface area contributed by atoms with E-state index in [4.69, 9.17) is 11.6 Å². The zero-order chi connectivity index (χ0) is 9.97. The van der Waals surface area contributed by atoms with Crippen LogP contribution in [-0.4, -0.2) is 26.2 Å². The fraction of sp³-hybridized carbons (Fsp3) is 0.400. The van der Waals surface area contributed by atoms with Crippen LogP contribution in [0.25, 0.3) is 0 Å². The Morgan fingerprint density at radius 1 is 1.29 bits per heavy atom. The van der Waals surface area contributed by atoms with Gasteiger partial charge in [-0.05, 0) is 28.1 Å². The predicted molar refractivity (Wildman–Crippen MR) is 64.2 cm³/mol. The van der Waals surface area contributed by atoms with Crippen LogP contribution in [0.15, 0.2) is 22.7 Å². The lowest BCUT2D eigenvalue weighted by Crippen LogP contribution is -2.43. The van der Waals surface area contributed by atoms with Crippen molar-refractivity contribution in [2.24, 2.45) is 0 Å². The summed E-state index contributed by atoms with van der Waals surface area (Å²) in [4.78, 5) is 2.31. The molecule has 2 nitrogen and oxygen atoms in total. The Kier molecular flexibility index (Phi) is 3.31. The zero-order valence-electron chi connectivity index (χ0n) is 7.76. The number of para-hydroxylation sites is 1. The normalized spacial score (nSPS) is 17.1. The van der Waals surface area contributed by atoms with Crippen LogP contribution in [0.4, 0.5) is 5.69 Å². The first-order valence-corrected chi connectivity index (χ1v) is 5.86. The molecule has 0 radical (unpaired) electrons. The molecule has 2 rings (SSSR count). The molecule has 0 bridgehead atoms. The summed E-state index contributed by atoms with van der Waals surface area (Å²) in [5.41, 5.74) is 1.12. The highest BCUT2D eigenvalue weighted by molar-refractivity contribution is 9.10. The Hall–Kier alpha value is -0.250. The number of piperazine rings is 1. The first kappa shape index (κ1) is 10.3. The minimum atomic E-state index is 0.821. The maximum absolute atomic E-state index is 6.17. The molecule has 0 amide bonds. The molecule has 0 saturated carbocycles. The molecule has 0 aromatic heterocycles. The number of nitrogens with zero attached hydrogens (tertiary/aromatic N) is 1. The van der Waals surface area contributed by atoms with Crippen LogP contribution < -0.4 is 10.2 Å². The lowest BCUT2D eigenvalue weighted by Gasteiger charge is -2.30. The lowest BCUT2D eigenvalue weighted by atomic mass is 10.2. The van der Waals surface area contributed by atoms with Crippen LogP contribution in [0, 0.1) is 0 Å². The number of halogens is 2. The maximum Gasteiger partial charge on any atom is 0.0700 e. The lowest BCUT2D eigenvalue weighted by molar-refractivity contribution is 0.589. The smallest absolute Gasteiger partial charge is 0.0700 e. The summed E-state index contributed by atoms with van der Waals surface area (Å²) in [6.45, 7) is 4.08. The van der Waals surface area contributed by atoms with E-state index in [9.17, 15) is 0 Å². The first-order chi connectivity index (χ1) is 6.79. The third-order valence-corrected chi connectivity index (χ3v) is 3.32. The van der Waals surface area contributed by atoms with Gasteiger partial charge in [0.2, 0.25) is 0 Å². The van der Waals surface area contributed by atoms with Crippen LogP contribution >= 0.6 is 27.5 Å². The van der Waals surface area contributed by atoms with Gasteiger partial charge in [-0.15, -0.1) is 0 Å². The van der Waals surface area contributed by atoms with Crippen LogP contribution in [0.1, 0.15) is 0 Å². The molecule has 76 valence electrons. The third-order valence-electron chi connectivity index (χ3n) is 2.37. The minimum Gasteiger partial charge on any atom is -0.367 e. The van der Waals surface area contributed by atoms with Crippen molar-refractivity contribution in [2.75, 3.05) is 31.1 Å². The van der Waals surface area contributed by atoms with Crippen molar-refractivity contribution in [1.29, 1.82) is 0 Å². The fourth-order valence-electron chi connectivity index (χ4n) is 1.68. The van der Waals surface area contributed by atoms with Gasteiger partial charge in [0, 0.05) is 30.7 Å². The molecule has 4 heteroatoms. The monoisotopic (exact) mass is 274 g/mol. The fourth-order valence-corrected chi connectivity index (χ4v) is 2.70. The van der Waals surface area contributed by atoms with Gasteiger partial charge in [0.1, 0.15) is 0 Å². The molecular weight excluding hydrogens is 263 g/mol. The van der Waals surface area contributed by atoms with Crippen molar-refractivity contribution >= 4 is 33.2 Å². The summed E-state index contributed by atoms with van der Waals surface area (Å²) in [7, 11) is 0. The molecule has 0 unspecified atom stereocenters. The molecule has 1 saturated heterocycles. The maximum atomic E-state index is 6.17. The van der Waals surface area contributed by atoms with Gasteiger partial charge in [0.15, 0.2) is 0 Å². The van der Waals surface area contributed by atoms with Gasteiger partial charge in [0.05, 0.1) is 10.7 Å². The van der Waals surface area contributed by atoms with E-state index in [0.29, 0.717) is 0 Å². The van der Waals surface area contributed by atoms with Crippen molar-refractivity contribution < 1.29 is 0 Å². The van der Waals surface area contributed by atoms with Crippen molar-refractivity contribution in [3.8, 4) is 0 Å². The first-order valence-electron chi connectivity index (χ1n) is 4.69. The average Bonchev–Trinajstić information content (AvgIpc) is 2.19. The van der Waals surface area contributed by atoms with E-state index in [1.54, 1.807) is 0 Å². The number of hydrogen-bond donors (Lipinski definition) is 1. The van der Waals surface area contributed by atoms with E-state index in [2.05, 4.69) is 26.1 Å². The van der Waals surface area contributed by atoms with E-state index in [0.717, 1.165) is 41.4 Å². The highest BCUT2D eigenvalue weighted by Crippen LogP contribution is 2.33. The molecule has 0 spiro atoms. The van der Waals surface area contributed by atoms with Gasteiger partial charge in [-0.3, -0.25) is 0 Å². The van der Waals surface area contributed by atoms with Crippen LogP contribution in [-0.2, 0) is 0 Å². The van der Waals surface area contributed by atoms with Crippen LogP contribution in [0.5, 0.6) is 0 Å². The summed E-state index contributed by atoms with van der Waals surface area (Å²) in [5.74, 6) is 0. The molecule has 1 heterocycles. The number of anilines is 1. The average molecular weight is 276 g/mol. The Bertz CT molecular complexity index is 304. The van der Waals surface area contributed by atoms with Crippen LogP contribution in [0.2, 0.25) is 5.02 Å². The molecular formula is C10H12BrClN2. The topological polar surface area (TPSA) is 15.3 Å². The summed E-state index contributed by atoms with van der Waals surface area (Å²) in [6.07, 6.45) is 0. The van der Waals surface area contributed by atoms with Gasteiger partial charge < -0.3 is 10.2 Å². The van der Waals surface area contributed by atoms with Gasteiger partial charge in [0.25, 0.3) is 0 Å². The Balaban J connectivity index is 2.29. The number of hydrogen-bond acceptors (Lipinski definition) is 2. The molecule has 0 atom stereocenters. The molecule has 0 aliphatic carbocycles. The van der Waals surface area contributed by atoms with Gasteiger partial charge in [-0.1, -0.05) is 17.7 Å². The number of nitrogens with one attached hydrogen (secondary N) is 1. The predicted octanol–water partition coefficient (Wildman–Crippen LogP) is 2.51.